The van der Waals surface area contributed by atoms with E-state index >= 15 is 0 Å². The number of anilines is 1. The molecule has 1 atom stereocenters. The van der Waals surface area contributed by atoms with E-state index in [4.69, 9.17) is 9.47 Å². The van der Waals surface area contributed by atoms with Crippen molar-refractivity contribution in [2.24, 2.45) is 0 Å². The zero-order chi connectivity index (χ0) is 14.5. The van der Waals surface area contributed by atoms with Gasteiger partial charge in [-0.1, -0.05) is 6.58 Å². The van der Waals surface area contributed by atoms with E-state index in [2.05, 4.69) is 11.9 Å². The largest absolute Gasteiger partial charge is 0.423 e. The number of esters is 1. The third kappa shape index (κ3) is 3.33. The molecule has 0 aromatic heterocycles. The number of nitrogens with one attached hydrogen (secondary N) is 1. The maximum absolute atomic E-state index is 11.1. The van der Waals surface area contributed by atoms with Gasteiger partial charge in [-0.2, -0.15) is 0 Å². The Morgan fingerprint density at radius 3 is 2.95 bits per heavy atom. The summed E-state index contributed by atoms with van der Waals surface area (Å²) in [5.41, 5.74) is 0.211. The van der Waals surface area contributed by atoms with Crippen molar-refractivity contribution in [2.75, 3.05) is 18.5 Å². The first-order chi connectivity index (χ1) is 9.60. The summed E-state index contributed by atoms with van der Waals surface area (Å²) in [6, 6.07) is 4.07. The predicted octanol–water partition coefficient (Wildman–Crippen LogP) is 1.89. The van der Waals surface area contributed by atoms with Gasteiger partial charge in [0.1, 0.15) is 11.4 Å². The number of nitro groups is 1. The molecule has 0 radical (unpaired) electrons. The van der Waals surface area contributed by atoms with Crippen LogP contribution in [-0.4, -0.2) is 30.1 Å². The summed E-state index contributed by atoms with van der Waals surface area (Å²) in [5, 5.41) is 13.9. The van der Waals surface area contributed by atoms with E-state index in [1.807, 2.05) is 0 Å². The maximum Gasteiger partial charge on any atom is 0.335 e. The molecule has 1 aromatic rings. The van der Waals surface area contributed by atoms with E-state index in [1.54, 1.807) is 0 Å². The van der Waals surface area contributed by atoms with Gasteiger partial charge < -0.3 is 14.8 Å². The minimum absolute atomic E-state index is 0.0639. The van der Waals surface area contributed by atoms with Crippen molar-refractivity contribution in [1.82, 2.24) is 0 Å². The van der Waals surface area contributed by atoms with Crippen LogP contribution in [0.25, 0.3) is 0 Å². The Morgan fingerprint density at radius 1 is 1.65 bits per heavy atom. The highest BCUT2D eigenvalue weighted by molar-refractivity contribution is 5.83. The van der Waals surface area contributed by atoms with Crippen molar-refractivity contribution in [3.8, 4) is 5.75 Å². The van der Waals surface area contributed by atoms with E-state index in [9.17, 15) is 14.9 Å². The lowest BCUT2D eigenvalue weighted by Gasteiger charge is -2.26. The van der Waals surface area contributed by atoms with Gasteiger partial charge in [0.2, 0.25) is 0 Å². The lowest BCUT2D eigenvalue weighted by atomic mass is 10.2. The molecule has 0 saturated carbocycles. The number of ether oxygens (including phenoxy) is 2. The standard InChI is InChI=1S/C13H14N2O5/c1-2-13(16)20-9-3-4-12(15(17)18)11(7-9)14-8-10-5-6-19-10/h2-4,7,10,14H,1,5-6,8H2. The van der Waals surface area contributed by atoms with E-state index in [0.717, 1.165) is 12.5 Å². The van der Waals surface area contributed by atoms with Crippen LogP contribution in [0.15, 0.2) is 30.9 Å². The summed E-state index contributed by atoms with van der Waals surface area (Å²) >= 11 is 0. The fraction of sp³-hybridized carbons (Fsp3) is 0.308. The number of hydrogen-bond acceptors (Lipinski definition) is 6. The normalized spacial score (nSPS) is 16.9. The molecule has 0 amide bonds. The highest BCUT2D eigenvalue weighted by Crippen LogP contribution is 2.29. The second-order valence-electron chi connectivity index (χ2n) is 4.22. The first kappa shape index (κ1) is 14.0. The molecule has 0 bridgehead atoms. The number of rotatable bonds is 6. The molecule has 1 fully saturated rings. The Labute approximate surface area is 115 Å². The van der Waals surface area contributed by atoms with Gasteiger partial charge in [0.25, 0.3) is 5.69 Å². The Bertz CT molecular complexity index is 540. The van der Waals surface area contributed by atoms with E-state index in [-0.39, 0.29) is 17.5 Å². The smallest absolute Gasteiger partial charge is 0.335 e. The zero-order valence-electron chi connectivity index (χ0n) is 10.7. The van der Waals surface area contributed by atoms with Gasteiger partial charge in [0, 0.05) is 31.4 Å². The van der Waals surface area contributed by atoms with Gasteiger partial charge in [-0.15, -0.1) is 0 Å². The van der Waals surface area contributed by atoms with Crippen LogP contribution in [0.5, 0.6) is 5.75 Å². The van der Waals surface area contributed by atoms with Crippen LogP contribution in [-0.2, 0) is 9.53 Å². The van der Waals surface area contributed by atoms with Crippen LogP contribution in [0, 0.1) is 10.1 Å². The third-order valence-electron chi connectivity index (χ3n) is 2.86. The zero-order valence-corrected chi connectivity index (χ0v) is 10.7. The van der Waals surface area contributed by atoms with Gasteiger partial charge in [-0.25, -0.2) is 4.79 Å². The summed E-state index contributed by atoms with van der Waals surface area (Å²) in [6.45, 7) is 4.47. The Morgan fingerprint density at radius 2 is 2.40 bits per heavy atom. The number of carbonyl (C=O) groups is 1. The summed E-state index contributed by atoms with van der Waals surface area (Å²) < 4.78 is 10.2. The fourth-order valence-electron chi connectivity index (χ4n) is 1.71. The Balaban J connectivity index is 2.14. The topological polar surface area (TPSA) is 90.7 Å². The quantitative estimate of drug-likeness (QED) is 0.281. The number of benzene rings is 1. The second-order valence-corrected chi connectivity index (χ2v) is 4.22. The average molecular weight is 278 g/mol. The van der Waals surface area contributed by atoms with Gasteiger partial charge in [0.15, 0.2) is 0 Å². The number of nitrogens with zero attached hydrogens (tertiary/aromatic N) is 1. The summed E-state index contributed by atoms with van der Waals surface area (Å²) in [6.07, 6.45) is 2.01. The average Bonchev–Trinajstić information content (AvgIpc) is 2.36. The number of nitro benzene ring substituents is 1. The van der Waals surface area contributed by atoms with Crippen LogP contribution in [0.4, 0.5) is 11.4 Å². The molecule has 1 aromatic carbocycles. The van der Waals surface area contributed by atoms with Gasteiger partial charge >= 0.3 is 5.97 Å². The van der Waals surface area contributed by atoms with Crippen molar-refractivity contribution in [2.45, 2.75) is 12.5 Å². The summed E-state index contributed by atoms with van der Waals surface area (Å²) in [5.74, 6) is -0.398. The highest BCUT2D eigenvalue weighted by Gasteiger charge is 2.20. The summed E-state index contributed by atoms with van der Waals surface area (Å²) in [4.78, 5) is 21.6. The molecule has 20 heavy (non-hydrogen) atoms. The second kappa shape index (κ2) is 6.16. The van der Waals surface area contributed by atoms with Gasteiger partial charge in [0.05, 0.1) is 11.0 Å². The Kier molecular flexibility index (Phi) is 4.31. The first-order valence-corrected chi connectivity index (χ1v) is 6.08. The van der Waals surface area contributed by atoms with Crippen LogP contribution in [0.2, 0.25) is 0 Å². The number of carbonyl (C=O) groups excluding carboxylic acids is 1. The molecular formula is C13H14N2O5. The molecule has 1 aliphatic heterocycles. The van der Waals surface area contributed by atoms with Gasteiger partial charge in [-0.05, 0) is 12.5 Å². The van der Waals surface area contributed by atoms with E-state index in [1.165, 1.54) is 18.2 Å². The molecular weight excluding hydrogens is 264 g/mol. The molecule has 1 saturated heterocycles. The summed E-state index contributed by atoms with van der Waals surface area (Å²) in [7, 11) is 0. The molecule has 2 rings (SSSR count). The molecule has 0 aliphatic carbocycles. The van der Waals surface area contributed by atoms with Crippen molar-refractivity contribution < 1.29 is 19.2 Å². The maximum atomic E-state index is 11.1. The fourth-order valence-corrected chi connectivity index (χ4v) is 1.71. The van der Waals surface area contributed by atoms with E-state index in [0.29, 0.717) is 18.8 Å². The minimum Gasteiger partial charge on any atom is -0.423 e. The monoisotopic (exact) mass is 278 g/mol. The van der Waals surface area contributed by atoms with Crippen LogP contribution < -0.4 is 10.1 Å². The molecule has 1 heterocycles. The number of hydrogen-bond donors (Lipinski definition) is 1. The molecule has 1 N–H and O–H groups in total. The van der Waals surface area contributed by atoms with Crippen molar-refractivity contribution in [1.29, 1.82) is 0 Å². The van der Waals surface area contributed by atoms with Crippen molar-refractivity contribution in [3.63, 3.8) is 0 Å². The Hall–Kier alpha value is -2.41. The highest BCUT2D eigenvalue weighted by atomic mass is 16.6. The van der Waals surface area contributed by atoms with Crippen molar-refractivity contribution in [3.05, 3.63) is 41.0 Å². The van der Waals surface area contributed by atoms with Crippen LogP contribution in [0.3, 0.4) is 0 Å². The SMILES string of the molecule is C=CC(=O)Oc1ccc([N+](=O)[O-])c(NCC2CCO2)c1. The minimum atomic E-state index is -0.618. The molecule has 1 aliphatic rings. The van der Waals surface area contributed by atoms with Crippen LogP contribution in [0.1, 0.15) is 6.42 Å². The molecule has 7 heteroatoms. The van der Waals surface area contributed by atoms with Crippen LogP contribution >= 0.6 is 0 Å². The van der Waals surface area contributed by atoms with Gasteiger partial charge in [-0.3, -0.25) is 10.1 Å². The molecule has 1 unspecified atom stereocenters. The lowest BCUT2D eigenvalue weighted by Crippen LogP contribution is -2.33. The molecule has 7 nitrogen and oxygen atoms in total. The van der Waals surface area contributed by atoms with E-state index < -0.39 is 10.9 Å². The molecule has 0 spiro atoms. The molecule has 106 valence electrons. The lowest BCUT2D eigenvalue weighted by molar-refractivity contribution is -0.384. The predicted molar refractivity (Wildman–Crippen MR) is 71.8 cm³/mol. The van der Waals surface area contributed by atoms with Crippen molar-refractivity contribution >= 4 is 17.3 Å². The first-order valence-electron chi connectivity index (χ1n) is 6.08. The third-order valence-corrected chi connectivity index (χ3v) is 2.86.